The number of hydrogen-bond acceptors (Lipinski definition) is 29. The van der Waals surface area contributed by atoms with Crippen LogP contribution in [0.3, 0.4) is 0 Å². The number of phenolic OH excluding ortho intramolecular Hbond substituents is 1. The number of primary amides is 2. The van der Waals surface area contributed by atoms with Crippen LogP contribution >= 0.6 is 35.3 Å². The molecule has 4 aromatic carbocycles. The molecule has 0 spiro atoms. The van der Waals surface area contributed by atoms with Gasteiger partial charge in [-0.15, -0.1) is 35.3 Å². The van der Waals surface area contributed by atoms with Crippen LogP contribution in [0.15, 0.2) is 97.1 Å². The minimum absolute atomic E-state index is 0.0246. The first-order valence-electron chi connectivity index (χ1n) is 44.5. The summed E-state index contributed by atoms with van der Waals surface area (Å²) >= 11 is 2.31. The fourth-order valence-corrected chi connectivity index (χ4v) is 16.6. The highest BCUT2D eigenvalue weighted by atomic mass is 32.2. The molecule has 52 heteroatoms. The molecular weight excluding hydrogens is 1910 g/mol. The first-order chi connectivity index (χ1) is 66.5. The Morgan fingerprint density at radius 1 is 0.418 bits per heavy atom. The predicted octanol–water partition coefficient (Wildman–Crippen LogP) is -7.29. The Hall–Kier alpha value is -14.3. The lowest BCUT2D eigenvalue weighted by Gasteiger charge is -2.33. The standard InChI is InChI=1S/C89H121N21O28S3/c1-45(90)75(125)107-63-40-140-43-67(114)94-28-31-110-30-27-93-66(113)42-139-39-62(74(92)124)106-88(138)73(89(4,5)6)109-85(135)61(38-72(122)123)105-82(132)57(34-49-19-21-52(111)22-20-49)101-81(131)56(33-48-13-8-7-9-14-48)102-84(134)60(37-71(120)121)104-79(129)55(24-26-70(118)119)99-87(137)64(41-141-44-68(115)95-29-32-110)108-77(127)47(3)96-80(130)58(35-51-17-12-16-50-15-10-11-18-53(50)51)103-78(128)54(23-25-69(116)117)98-83(133)59(36-65(91)112)100-76(126)46(2)97-86(63)136/h7-22,45-47,54-64,73,111H,23-44,90H2,1-6H3,(H2,91,112)(H2,92,124)(H,93,113)(H,94,114)(H,95,115)(H,96,130)(H,97,136)(H,98,133)(H,99,137)(H,100,126)(H,101,131)(H,102,134)(H,103,128)(H,104,129)(H,105,132)(H,106,138)(H,107,125)(H,108,127)(H,109,135)(H,116,117)(H,118,119)(H,120,121)(H,122,123)/t45-,46+,47+,54-,55-,56-,57-,58-,59-,60?,61-,62-,63-,64+,73+/m0/s1. The van der Waals surface area contributed by atoms with Gasteiger partial charge in [0.25, 0.3) is 0 Å². The van der Waals surface area contributed by atoms with Gasteiger partial charge in [-0.3, -0.25) is 115 Å². The van der Waals surface area contributed by atoms with Crippen molar-refractivity contribution in [1.29, 1.82) is 0 Å². The number of nitrogens with one attached hydrogen (secondary N) is 17. The van der Waals surface area contributed by atoms with Crippen LogP contribution in [0.2, 0.25) is 0 Å². The highest BCUT2D eigenvalue weighted by Crippen LogP contribution is 2.24. The van der Waals surface area contributed by atoms with Crippen molar-refractivity contribution >= 4 is 182 Å². The summed E-state index contributed by atoms with van der Waals surface area (Å²) in [6.45, 7) is 7.37. The van der Waals surface area contributed by atoms with Gasteiger partial charge in [0, 0.05) is 88.6 Å². The van der Waals surface area contributed by atoms with E-state index in [1.54, 1.807) is 53.4 Å². The molecule has 2 bridgehead atoms. The Labute approximate surface area is 821 Å². The first-order valence-corrected chi connectivity index (χ1v) is 48.0. The molecule has 2 saturated heterocycles. The molecule has 0 radical (unpaired) electrons. The fraction of sp³-hybridized carbons (Fsp3) is 0.494. The van der Waals surface area contributed by atoms with E-state index in [1.165, 1.54) is 76.2 Å². The zero-order chi connectivity index (χ0) is 104. The fourth-order valence-electron chi connectivity index (χ4n) is 13.9. The Kier molecular flexibility index (Phi) is 46.9. The van der Waals surface area contributed by atoms with Gasteiger partial charge in [-0.05, 0) is 78.6 Å². The van der Waals surface area contributed by atoms with E-state index in [1.807, 2.05) is 0 Å². The lowest BCUT2D eigenvalue weighted by Crippen LogP contribution is -2.62. The summed E-state index contributed by atoms with van der Waals surface area (Å²) in [6.07, 6.45) is -8.45. The largest absolute Gasteiger partial charge is 0.508 e. The maximum Gasteiger partial charge on any atom is 0.305 e. The zero-order valence-electron chi connectivity index (χ0n) is 78.0. The van der Waals surface area contributed by atoms with Gasteiger partial charge in [-0.25, -0.2) is 0 Å². The maximum absolute atomic E-state index is 15.1. The number of phenols is 1. The summed E-state index contributed by atoms with van der Waals surface area (Å²) in [6, 6.07) is -3.14. The van der Waals surface area contributed by atoms with Gasteiger partial charge in [0.15, 0.2) is 0 Å². The number of carboxylic acid groups (broad SMARTS) is 4. The van der Waals surface area contributed by atoms with Crippen molar-refractivity contribution in [2.75, 3.05) is 73.8 Å². The van der Waals surface area contributed by atoms with E-state index in [2.05, 4.69) is 90.4 Å². The Balaban J connectivity index is 1.49. The lowest BCUT2D eigenvalue weighted by molar-refractivity contribution is -0.142. The predicted molar refractivity (Wildman–Crippen MR) is 510 cm³/mol. The Morgan fingerprint density at radius 2 is 0.816 bits per heavy atom. The van der Waals surface area contributed by atoms with E-state index in [-0.39, 0.29) is 73.4 Å². The molecule has 4 aromatic rings. The van der Waals surface area contributed by atoms with Crippen LogP contribution < -0.4 is 108 Å². The molecule has 768 valence electrons. The molecule has 16 atom stereocenters. The number of carbonyl (C=O) groups is 23. The quantitative estimate of drug-likeness (QED) is 0.0368. The molecule has 2 aliphatic rings. The van der Waals surface area contributed by atoms with Gasteiger partial charge < -0.3 is 133 Å². The van der Waals surface area contributed by atoms with Crippen LogP contribution in [-0.4, -0.2) is 331 Å². The second kappa shape index (κ2) is 57.3. The van der Waals surface area contributed by atoms with E-state index >= 15 is 14.4 Å². The lowest BCUT2D eigenvalue weighted by atomic mass is 9.85. The first kappa shape index (κ1) is 115. The van der Waals surface area contributed by atoms with E-state index in [0.717, 1.165) is 37.4 Å². The topological polar surface area (TPSA) is 780 Å². The molecule has 0 aliphatic carbocycles. The molecule has 2 aliphatic heterocycles. The number of aliphatic carboxylic acids is 4. The number of thioether (sulfide) groups is 3. The van der Waals surface area contributed by atoms with Crippen molar-refractivity contribution in [2.24, 2.45) is 22.6 Å². The molecule has 28 N–H and O–H groups in total. The minimum Gasteiger partial charge on any atom is -0.508 e. The summed E-state index contributed by atoms with van der Waals surface area (Å²) in [5, 5.41) is 93.4. The van der Waals surface area contributed by atoms with Crippen molar-refractivity contribution in [3.05, 3.63) is 114 Å². The van der Waals surface area contributed by atoms with Crippen LogP contribution in [0, 0.1) is 5.41 Å². The van der Waals surface area contributed by atoms with Crippen molar-refractivity contribution in [1.82, 2.24) is 95.3 Å². The maximum atomic E-state index is 15.1. The number of nitrogens with zero attached hydrogens (tertiary/aromatic N) is 1. The van der Waals surface area contributed by atoms with Gasteiger partial charge in [0.2, 0.25) is 112 Å². The van der Waals surface area contributed by atoms with E-state index in [0.29, 0.717) is 28.1 Å². The normalized spacial score (nSPS) is 24.7. The van der Waals surface area contributed by atoms with E-state index in [4.69, 9.17) is 17.2 Å². The molecule has 6 rings (SSSR count). The number of hydrogen-bond donors (Lipinski definition) is 25. The summed E-state index contributed by atoms with van der Waals surface area (Å²) in [5.74, 6) is -31.2. The molecular formula is C89H121N21O28S3. The highest BCUT2D eigenvalue weighted by Gasteiger charge is 2.42. The van der Waals surface area contributed by atoms with Crippen molar-refractivity contribution in [3.63, 3.8) is 0 Å². The van der Waals surface area contributed by atoms with Crippen LogP contribution in [0.4, 0.5) is 0 Å². The van der Waals surface area contributed by atoms with Crippen LogP contribution in [-0.2, 0) is 130 Å². The van der Waals surface area contributed by atoms with Gasteiger partial charge in [0.1, 0.15) is 90.3 Å². The van der Waals surface area contributed by atoms with Crippen LogP contribution in [0.1, 0.15) is 103 Å². The number of benzene rings is 4. The van der Waals surface area contributed by atoms with Crippen molar-refractivity contribution < 1.29 is 136 Å². The molecule has 0 saturated carbocycles. The molecule has 2 unspecified atom stereocenters. The number of rotatable bonds is 21. The Bertz CT molecular complexity index is 5190. The van der Waals surface area contributed by atoms with Crippen LogP contribution in [0.5, 0.6) is 5.75 Å². The molecule has 2 fully saturated rings. The minimum atomic E-state index is -2.28. The summed E-state index contributed by atoms with van der Waals surface area (Å²) in [4.78, 5) is 323. The summed E-state index contributed by atoms with van der Waals surface area (Å²) in [5.41, 5.74) is 16.7. The number of aromatic hydroxyl groups is 1. The highest BCUT2D eigenvalue weighted by molar-refractivity contribution is 8.00. The summed E-state index contributed by atoms with van der Waals surface area (Å²) in [7, 11) is 0. The second-order valence-electron chi connectivity index (χ2n) is 34.2. The van der Waals surface area contributed by atoms with Crippen LogP contribution in [0.25, 0.3) is 10.8 Å². The number of amides is 19. The average Bonchev–Trinajstić information content (AvgIpc) is 0.831. The smallest absolute Gasteiger partial charge is 0.305 e. The monoisotopic (exact) mass is 2030 g/mol. The third kappa shape index (κ3) is 41.0. The number of nitrogens with two attached hydrogens (primary N) is 3. The molecule has 141 heavy (non-hydrogen) atoms. The average molecular weight is 2030 g/mol. The molecule has 19 amide bonds. The van der Waals surface area contributed by atoms with Gasteiger partial charge in [-0.2, -0.15) is 0 Å². The van der Waals surface area contributed by atoms with Crippen molar-refractivity contribution in [2.45, 2.75) is 196 Å². The second-order valence-corrected chi connectivity index (χ2v) is 37.3. The SMILES string of the molecule is C[C@H](N)C(=O)N[C@H]1CSCC(=O)NCCN2CCNC(=O)CSC[C@@H](C(N)=O)NC(=O)[C@H](C(C)(C)C)NC(=O)[C@H](CC(=O)O)NC(=O)[C@H](Cc3ccc(O)cc3)NC(=O)[C@H](Cc3ccccc3)NC(=O)C(CC(=O)O)NC(=O)[C@H](CCC(=O)O)NC(=O)[C@@H](CSCC(=O)NCC2)NC(=O)[C@@H](C)NC(=O)[C@H](Cc2cccc3ccccc23)NC(=O)[C@H](CCC(=O)O)NC(=O)[C@H](CC(N)=O)NC(=O)[C@@H](C)NC1=O. The van der Waals surface area contributed by atoms with Gasteiger partial charge in [0.05, 0.1) is 42.6 Å². The molecule has 2 heterocycles. The van der Waals surface area contributed by atoms with Gasteiger partial charge in [-0.1, -0.05) is 106 Å². The summed E-state index contributed by atoms with van der Waals surface area (Å²) < 4.78 is 0. The number of fused-ring (bicyclic) bond motifs is 9. The molecule has 0 aromatic heterocycles. The van der Waals surface area contributed by atoms with Crippen molar-refractivity contribution in [3.8, 4) is 5.75 Å². The van der Waals surface area contributed by atoms with E-state index in [9.17, 15) is 121 Å². The third-order valence-corrected chi connectivity index (χ3v) is 24.7. The third-order valence-electron chi connectivity index (χ3n) is 21.5. The zero-order valence-corrected chi connectivity index (χ0v) is 80.4. The molecule has 49 nitrogen and oxygen atoms in total. The van der Waals surface area contributed by atoms with Gasteiger partial charge >= 0.3 is 23.9 Å². The number of carbonyl (C=O) groups excluding carboxylic acids is 19. The number of carboxylic acids is 4. The van der Waals surface area contributed by atoms with E-state index < -0.39 is 314 Å². The Morgan fingerprint density at radius 3 is 1.30 bits per heavy atom.